The van der Waals surface area contributed by atoms with Crippen LogP contribution in [0.3, 0.4) is 0 Å². The molecule has 120 valence electrons. The molecule has 0 radical (unpaired) electrons. The maximum absolute atomic E-state index is 11.7. The average Bonchev–Trinajstić information content (AvgIpc) is 2.45. The summed E-state index contributed by atoms with van der Waals surface area (Å²) in [5, 5.41) is 3.23. The van der Waals surface area contributed by atoms with Gasteiger partial charge in [0.15, 0.2) is 9.84 Å². The Morgan fingerprint density at radius 3 is 2.57 bits per heavy atom. The van der Waals surface area contributed by atoms with Gasteiger partial charge in [-0.15, -0.1) is 0 Å². The van der Waals surface area contributed by atoms with Crippen LogP contribution in [0.25, 0.3) is 0 Å². The highest BCUT2D eigenvalue weighted by Gasteiger charge is 2.11. The molecule has 0 heterocycles. The van der Waals surface area contributed by atoms with E-state index < -0.39 is 9.84 Å². The van der Waals surface area contributed by atoms with Gasteiger partial charge in [-0.2, -0.15) is 0 Å². The van der Waals surface area contributed by atoms with Gasteiger partial charge < -0.3 is 14.8 Å². The van der Waals surface area contributed by atoms with Crippen LogP contribution in [0.2, 0.25) is 0 Å². The first-order valence-corrected chi connectivity index (χ1v) is 9.05. The monoisotopic (exact) mass is 315 g/mol. The molecule has 0 aliphatic rings. The highest BCUT2D eigenvalue weighted by molar-refractivity contribution is 7.91. The van der Waals surface area contributed by atoms with Crippen LogP contribution in [-0.2, 0) is 16.4 Å². The van der Waals surface area contributed by atoms with E-state index in [4.69, 9.17) is 9.47 Å². The zero-order valence-electron chi connectivity index (χ0n) is 13.0. The normalized spacial score (nSPS) is 11.4. The predicted octanol–water partition coefficient (Wildman–Crippen LogP) is 2.01. The van der Waals surface area contributed by atoms with Gasteiger partial charge in [-0.05, 0) is 19.0 Å². The van der Waals surface area contributed by atoms with Crippen molar-refractivity contribution in [2.45, 2.75) is 26.8 Å². The molecule has 0 spiro atoms. The molecule has 0 bridgehead atoms. The van der Waals surface area contributed by atoms with Gasteiger partial charge in [-0.3, -0.25) is 0 Å². The van der Waals surface area contributed by atoms with E-state index in [1.807, 2.05) is 26.0 Å². The number of hydrogen-bond donors (Lipinski definition) is 1. The van der Waals surface area contributed by atoms with Crippen molar-refractivity contribution in [3.63, 3.8) is 0 Å². The van der Waals surface area contributed by atoms with Gasteiger partial charge in [0.2, 0.25) is 0 Å². The van der Waals surface area contributed by atoms with Crippen molar-refractivity contribution < 1.29 is 17.9 Å². The smallest absolute Gasteiger partial charge is 0.153 e. The van der Waals surface area contributed by atoms with E-state index in [0.29, 0.717) is 24.5 Å². The van der Waals surface area contributed by atoms with Crippen molar-refractivity contribution in [1.29, 1.82) is 0 Å². The molecule has 0 atom stereocenters. The van der Waals surface area contributed by atoms with Gasteiger partial charge in [0.25, 0.3) is 0 Å². The first-order chi connectivity index (χ1) is 10.0. The molecule has 21 heavy (non-hydrogen) atoms. The average molecular weight is 315 g/mol. The largest absolute Gasteiger partial charge is 0.497 e. The fourth-order valence-corrected chi connectivity index (χ4v) is 3.06. The van der Waals surface area contributed by atoms with Crippen molar-refractivity contribution in [1.82, 2.24) is 5.32 Å². The number of ether oxygens (including phenoxy) is 2. The van der Waals surface area contributed by atoms with Crippen molar-refractivity contribution >= 4 is 9.84 Å². The number of rotatable bonds is 10. The summed E-state index contributed by atoms with van der Waals surface area (Å²) in [4.78, 5) is 0. The second-order valence-electron chi connectivity index (χ2n) is 4.75. The first-order valence-electron chi connectivity index (χ1n) is 7.23. The Hall–Kier alpha value is -1.27. The molecular weight excluding hydrogens is 290 g/mol. The minimum Gasteiger partial charge on any atom is -0.497 e. The van der Waals surface area contributed by atoms with E-state index in [2.05, 4.69) is 5.32 Å². The van der Waals surface area contributed by atoms with Crippen LogP contribution in [0.1, 0.15) is 25.8 Å². The second-order valence-corrected chi connectivity index (χ2v) is 7.06. The molecule has 5 nitrogen and oxygen atoms in total. The van der Waals surface area contributed by atoms with Crippen LogP contribution in [0.15, 0.2) is 18.2 Å². The maximum atomic E-state index is 11.7. The van der Waals surface area contributed by atoms with E-state index in [-0.39, 0.29) is 18.1 Å². The molecule has 0 saturated heterocycles. The Bertz CT molecular complexity index is 528. The summed E-state index contributed by atoms with van der Waals surface area (Å²) in [7, 11) is -1.43. The van der Waals surface area contributed by atoms with Crippen molar-refractivity contribution in [2.24, 2.45) is 0 Å². The van der Waals surface area contributed by atoms with Crippen LogP contribution in [0, 0.1) is 0 Å². The number of methoxy groups -OCH3 is 1. The molecule has 1 N–H and O–H groups in total. The van der Waals surface area contributed by atoms with Crippen LogP contribution in [0.4, 0.5) is 0 Å². The Morgan fingerprint density at radius 1 is 1.19 bits per heavy atom. The lowest BCUT2D eigenvalue weighted by Gasteiger charge is -2.13. The van der Waals surface area contributed by atoms with Crippen molar-refractivity contribution in [3.8, 4) is 11.5 Å². The van der Waals surface area contributed by atoms with Crippen LogP contribution < -0.4 is 14.8 Å². The van der Waals surface area contributed by atoms with E-state index in [0.717, 1.165) is 12.1 Å². The number of sulfone groups is 1. The van der Waals surface area contributed by atoms with Gasteiger partial charge >= 0.3 is 0 Å². The van der Waals surface area contributed by atoms with Crippen LogP contribution in [0.5, 0.6) is 11.5 Å². The van der Waals surface area contributed by atoms with Crippen LogP contribution in [-0.4, -0.2) is 40.2 Å². The lowest BCUT2D eigenvalue weighted by atomic mass is 10.2. The summed E-state index contributed by atoms with van der Waals surface area (Å²) in [6.45, 7) is 5.58. The summed E-state index contributed by atoms with van der Waals surface area (Å²) < 4.78 is 34.2. The summed E-state index contributed by atoms with van der Waals surface area (Å²) in [6, 6.07) is 5.59. The maximum Gasteiger partial charge on any atom is 0.153 e. The molecule has 0 aliphatic carbocycles. The van der Waals surface area contributed by atoms with Crippen molar-refractivity contribution in [3.05, 3.63) is 23.8 Å². The van der Waals surface area contributed by atoms with E-state index in [9.17, 15) is 8.42 Å². The third-order valence-electron chi connectivity index (χ3n) is 3.01. The molecule has 0 saturated carbocycles. The topological polar surface area (TPSA) is 64.6 Å². The number of hydrogen-bond acceptors (Lipinski definition) is 5. The van der Waals surface area contributed by atoms with Crippen molar-refractivity contribution in [2.75, 3.05) is 31.8 Å². The first kappa shape index (κ1) is 17.8. The highest BCUT2D eigenvalue weighted by atomic mass is 32.2. The fourth-order valence-electron chi connectivity index (χ4n) is 1.89. The Morgan fingerprint density at radius 2 is 1.95 bits per heavy atom. The van der Waals surface area contributed by atoms with E-state index in [1.54, 1.807) is 13.2 Å². The molecule has 1 aromatic rings. The van der Waals surface area contributed by atoms with E-state index in [1.165, 1.54) is 0 Å². The summed E-state index contributed by atoms with van der Waals surface area (Å²) in [6.07, 6.45) is 0.632. The van der Waals surface area contributed by atoms with Gasteiger partial charge in [-0.25, -0.2) is 8.42 Å². The minimum absolute atomic E-state index is 0.0404. The molecular formula is C15H25NO4S. The lowest BCUT2D eigenvalue weighted by Crippen LogP contribution is -2.18. The Balaban J connectivity index is 2.70. The molecule has 0 aliphatic heterocycles. The van der Waals surface area contributed by atoms with E-state index >= 15 is 0 Å². The highest BCUT2D eigenvalue weighted by Crippen LogP contribution is 2.24. The zero-order chi connectivity index (χ0) is 15.7. The zero-order valence-corrected chi connectivity index (χ0v) is 13.8. The van der Waals surface area contributed by atoms with Gasteiger partial charge in [-0.1, -0.05) is 19.9 Å². The third kappa shape index (κ3) is 6.35. The van der Waals surface area contributed by atoms with Gasteiger partial charge in [0.05, 0.1) is 18.6 Å². The van der Waals surface area contributed by atoms with Crippen LogP contribution >= 0.6 is 0 Å². The Kier molecular flexibility index (Phi) is 7.53. The minimum atomic E-state index is -3.02. The molecule has 1 aromatic carbocycles. The summed E-state index contributed by atoms with van der Waals surface area (Å²) in [5.74, 6) is 1.61. The molecule has 0 aromatic heterocycles. The molecule has 0 fully saturated rings. The second kappa shape index (κ2) is 8.89. The molecule has 6 heteroatoms. The quantitative estimate of drug-likeness (QED) is 0.715. The number of nitrogens with one attached hydrogen (secondary N) is 1. The summed E-state index contributed by atoms with van der Waals surface area (Å²) >= 11 is 0. The molecule has 0 amide bonds. The SMILES string of the molecule is CCCS(=O)(=O)CCOc1cc(OC)ccc1CNCC. The molecule has 0 unspecified atom stereocenters. The fraction of sp³-hybridized carbons (Fsp3) is 0.600. The predicted molar refractivity (Wildman–Crippen MR) is 84.8 cm³/mol. The molecule has 1 rings (SSSR count). The summed E-state index contributed by atoms with van der Waals surface area (Å²) in [5.41, 5.74) is 0.991. The van der Waals surface area contributed by atoms with Gasteiger partial charge in [0.1, 0.15) is 18.1 Å². The lowest BCUT2D eigenvalue weighted by molar-refractivity contribution is 0.332. The van der Waals surface area contributed by atoms with Gasteiger partial charge in [0, 0.05) is 18.2 Å². The standard InChI is InChI=1S/C15H25NO4S/c1-4-9-21(17,18)10-8-20-15-11-14(19-3)7-6-13(15)12-16-5-2/h6-7,11,16H,4-5,8-10,12H2,1-3H3. The third-order valence-corrected chi connectivity index (χ3v) is 4.83. The number of benzene rings is 1. The Labute approximate surface area is 127 Å².